The molecule has 0 saturated carbocycles. The Labute approximate surface area is 93.6 Å². The van der Waals surface area contributed by atoms with Crippen LogP contribution in [0.3, 0.4) is 0 Å². The summed E-state index contributed by atoms with van der Waals surface area (Å²) in [4.78, 5) is 24.3. The molecular weight excluding hydrogens is 210 g/mol. The van der Waals surface area contributed by atoms with Crippen LogP contribution in [0.15, 0.2) is 6.20 Å². The first-order chi connectivity index (χ1) is 7.56. The van der Waals surface area contributed by atoms with Gasteiger partial charge in [0.05, 0.1) is 18.4 Å². The van der Waals surface area contributed by atoms with Gasteiger partial charge < -0.3 is 9.64 Å². The molecule has 0 fully saturated rings. The highest BCUT2D eigenvalue weighted by molar-refractivity contribution is 5.96. The number of aryl methyl sites for hydroxylation is 1. The quantitative estimate of drug-likeness (QED) is 0.750. The number of amides is 1. The van der Waals surface area contributed by atoms with E-state index < -0.39 is 5.97 Å². The molecule has 1 N–H and O–H groups in total. The average molecular weight is 225 g/mol. The smallest absolute Gasteiger partial charge is 0.325 e. The number of aromatic nitrogens is 2. The van der Waals surface area contributed by atoms with E-state index in [0.717, 1.165) is 0 Å². The number of esters is 1. The SMILES string of the molecule is CCOC(=O)CN(C)C(=O)c1cn[nH]c1C. The summed E-state index contributed by atoms with van der Waals surface area (Å²) < 4.78 is 4.75. The lowest BCUT2D eigenvalue weighted by molar-refractivity contribution is -0.143. The zero-order valence-electron chi connectivity index (χ0n) is 9.61. The van der Waals surface area contributed by atoms with Crippen LogP contribution in [0.5, 0.6) is 0 Å². The number of rotatable bonds is 4. The molecule has 0 bridgehead atoms. The molecule has 1 aromatic rings. The van der Waals surface area contributed by atoms with E-state index in [1.807, 2.05) is 0 Å². The Bertz CT molecular complexity index is 386. The Morgan fingerprint density at radius 1 is 1.56 bits per heavy atom. The van der Waals surface area contributed by atoms with E-state index in [-0.39, 0.29) is 12.5 Å². The van der Waals surface area contributed by atoms with Gasteiger partial charge in [-0.15, -0.1) is 0 Å². The molecule has 0 aliphatic carbocycles. The van der Waals surface area contributed by atoms with Crippen LogP contribution >= 0.6 is 0 Å². The van der Waals surface area contributed by atoms with Gasteiger partial charge in [0.25, 0.3) is 5.91 Å². The van der Waals surface area contributed by atoms with Gasteiger partial charge in [-0.2, -0.15) is 5.10 Å². The molecule has 1 rings (SSSR count). The Morgan fingerprint density at radius 3 is 2.75 bits per heavy atom. The second-order valence-corrected chi connectivity index (χ2v) is 3.37. The van der Waals surface area contributed by atoms with Gasteiger partial charge in [-0.05, 0) is 13.8 Å². The van der Waals surface area contributed by atoms with Gasteiger partial charge >= 0.3 is 5.97 Å². The summed E-state index contributed by atoms with van der Waals surface area (Å²) >= 11 is 0. The molecule has 1 heterocycles. The zero-order chi connectivity index (χ0) is 12.1. The van der Waals surface area contributed by atoms with Crippen LogP contribution in [-0.4, -0.2) is 47.2 Å². The first kappa shape index (κ1) is 12.2. The van der Waals surface area contributed by atoms with Crippen LogP contribution in [0.1, 0.15) is 23.0 Å². The minimum Gasteiger partial charge on any atom is -0.465 e. The second-order valence-electron chi connectivity index (χ2n) is 3.37. The van der Waals surface area contributed by atoms with Crippen molar-refractivity contribution in [3.8, 4) is 0 Å². The normalized spacial score (nSPS) is 9.94. The molecule has 0 unspecified atom stereocenters. The molecule has 0 radical (unpaired) electrons. The van der Waals surface area contributed by atoms with Crippen molar-refractivity contribution < 1.29 is 14.3 Å². The van der Waals surface area contributed by atoms with E-state index in [4.69, 9.17) is 4.74 Å². The zero-order valence-corrected chi connectivity index (χ0v) is 9.61. The van der Waals surface area contributed by atoms with Crippen LogP contribution < -0.4 is 0 Å². The van der Waals surface area contributed by atoms with E-state index in [1.54, 1.807) is 20.9 Å². The fraction of sp³-hybridized carbons (Fsp3) is 0.500. The van der Waals surface area contributed by atoms with Crippen LogP contribution in [-0.2, 0) is 9.53 Å². The summed E-state index contributed by atoms with van der Waals surface area (Å²) in [6.45, 7) is 3.72. The third kappa shape index (κ3) is 2.82. The van der Waals surface area contributed by atoms with E-state index in [9.17, 15) is 9.59 Å². The number of likely N-dealkylation sites (N-methyl/N-ethyl adjacent to an activating group) is 1. The maximum Gasteiger partial charge on any atom is 0.325 e. The Morgan fingerprint density at radius 2 is 2.25 bits per heavy atom. The molecule has 0 saturated heterocycles. The van der Waals surface area contributed by atoms with Crippen molar-refractivity contribution in [2.24, 2.45) is 0 Å². The number of H-pyrrole nitrogens is 1. The third-order valence-electron chi connectivity index (χ3n) is 2.08. The van der Waals surface area contributed by atoms with Gasteiger partial charge in [-0.1, -0.05) is 0 Å². The number of ether oxygens (including phenoxy) is 1. The lowest BCUT2D eigenvalue weighted by atomic mass is 10.2. The maximum atomic E-state index is 11.8. The van der Waals surface area contributed by atoms with Crippen molar-refractivity contribution in [3.63, 3.8) is 0 Å². The van der Waals surface area contributed by atoms with Crippen molar-refractivity contribution in [2.75, 3.05) is 20.2 Å². The topological polar surface area (TPSA) is 75.3 Å². The summed E-state index contributed by atoms with van der Waals surface area (Å²) in [7, 11) is 1.55. The van der Waals surface area contributed by atoms with Gasteiger partial charge in [0.1, 0.15) is 6.54 Å². The largest absolute Gasteiger partial charge is 0.465 e. The number of carbonyl (C=O) groups is 2. The van der Waals surface area contributed by atoms with Crippen molar-refractivity contribution in [1.82, 2.24) is 15.1 Å². The molecule has 16 heavy (non-hydrogen) atoms. The predicted molar refractivity (Wildman–Crippen MR) is 56.9 cm³/mol. The number of carbonyl (C=O) groups excluding carboxylic acids is 2. The molecule has 0 aromatic carbocycles. The Hall–Kier alpha value is -1.85. The molecule has 0 aliphatic rings. The predicted octanol–water partition coefficient (Wildman–Crippen LogP) is 0.353. The van der Waals surface area contributed by atoms with E-state index in [1.165, 1.54) is 11.1 Å². The van der Waals surface area contributed by atoms with Crippen molar-refractivity contribution >= 4 is 11.9 Å². The van der Waals surface area contributed by atoms with Crippen molar-refractivity contribution in [1.29, 1.82) is 0 Å². The molecule has 0 atom stereocenters. The number of aromatic amines is 1. The summed E-state index contributed by atoms with van der Waals surface area (Å²) in [6, 6.07) is 0. The van der Waals surface area contributed by atoms with Gasteiger partial charge in [-0.3, -0.25) is 14.7 Å². The lowest BCUT2D eigenvalue weighted by Gasteiger charge is -2.15. The first-order valence-corrected chi connectivity index (χ1v) is 4.97. The van der Waals surface area contributed by atoms with Crippen molar-refractivity contribution in [2.45, 2.75) is 13.8 Å². The Kier molecular flexibility index (Phi) is 4.04. The maximum absolute atomic E-state index is 11.8. The standard InChI is InChI=1S/C10H15N3O3/c1-4-16-9(14)6-13(3)10(15)8-5-11-12-7(8)2/h5H,4,6H2,1-3H3,(H,11,12). The summed E-state index contributed by atoms with van der Waals surface area (Å²) in [5.41, 5.74) is 1.15. The lowest BCUT2D eigenvalue weighted by Crippen LogP contribution is -2.33. The molecule has 1 amide bonds. The first-order valence-electron chi connectivity index (χ1n) is 4.97. The average Bonchev–Trinajstić information content (AvgIpc) is 2.63. The van der Waals surface area contributed by atoms with E-state index in [2.05, 4.69) is 10.2 Å². The molecular formula is C10H15N3O3. The Balaban J connectivity index is 2.61. The number of nitrogens with one attached hydrogen (secondary N) is 1. The van der Waals surface area contributed by atoms with Gasteiger partial charge in [0, 0.05) is 12.7 Å². The molecule has 6 nitrogen and oxygen atoms in total. The monoisotopic (exact) mass is 225 g/mol. The van der Waals surface area contributed by atoms with E-state index >= 15 is 0 Å². The number of hydrogen-bond donors (Lipinski definition) is 1. The number of nitrogens with zero attached hydrogens (tertiary/aromatic N) is 2. The highest BCUT2D eigenvalue weighted by Gasteiger charge is 2.18. The fourth-order valence-corrected chi connectivity index (χ4v) is 1.24. The molecule has 6 heteroatoms. The van der Waals surface area contributed by atoms with Gasteiger partial charge in [0.2, 0.25) is 0 Å². The van der Waals surface area contributed by atoms with Gasteiger partial charge in [0.15, 0.2) is 0 Å². The van der Waals surface area contributed by atoms with Crippen LogP contribution in [0.2, 0.25) is 0 Å². The third-order valence-corrected chi connectivity index (χ3v) is 2.08. The fourth-order valence-electron chi connectivity index (χ4n) is 1.24. The van der Waals surface area contributed by atoms with Crippen LogP contribution in [0, 0.1) is 6.92 Å². The number of hydrogen-bond acceptors (Lipinski definition) is 4. The molecule has 0 aliphatic heterocycles. The van der Waals surface area contributed by atoms with Crippen molar-refractivity contribution in [3.05, 3.63) is 17.5 Å². The van der Waals surface area contributed by atoms with Gasteiger partial charge in [-0.25, -0.2) is 0 Å². The van der Waals surface area contributed by atoms with Crippen LogP contribution in [0.25, 0.3) is 0 Å². The summed E-state index contributed by atoms with van der Waals surface area (Å²) in [5.74, 6) is -0.668. The highest BCUT2D eigenvalue weighted by atomic mass is 16.5. The minimum atomic E-state index is -0.417. The summed E-state index contributed by atoms with van der Waals surface area (Å²) in [6.07, 6.45) is 1.44. The van der Waals surface area contributed by atoms with E-state index in [0.29, 0.717) is 17.9 Å². The molecule has 0 spiro atoms. The highest BCUT2D eigenvalue weighted by Crippen LogP contribution is 2.06. The minimum absolute atomic E-state index is 0.0582. The molecule has 1 aromatic heterocycles. The second kappa shape index (κ2) is 5.29. The van der Waals surface area contributed by atoms with Crippen LogP contribution in [0.4, 0.5) is 0 Å². The summed E-state index contributed by atoms with van der Waals surface area (Å²) in [5, 5.41) is 6.42. The molecule has 88 valence electrons.